The fraction of sp³-hybridized carbons (Fsp3) is 0.333. The van der Waals surface area contributed by atoms with Gasteiger partial charge in [0.2, 0.25) is 6.39 Å². The first-order valence-corrected chi connectivity index (χ1v) is 6.48. The standard InChI is InChI=1S/C12H14BrN3O2/c13-10-2-1-3-11(8-10)17-7-6-14-5-4-12-15-9-18-16-12/h1-3,8-9,14H,4-7H2. The first kappa shape index (κ1) is 13.0. The van der Waals surface area contributed by atoms with E-state index in [-0.39, 0.29) is 0 Å². The number of nitrogens with one attached hydrogen (secondary N) is 1. The van der Waals surface area contributed by atoms with Crippen molar-refractivity contribution in [1.29, 1.82) is 0 Å². The van der Waals surface area contributed by atoms with Gasteiger partial charge in [-0.3, -0.25) is 0 Å². The summed E-state index contributed by atoms with van der Waals surface area (Å²) >= 11 is 3.40. The summed E-state index contributed by atoms with van der Waals surface area (Å²) in [6.07, 6.45) is 2.10. The molecule has 1 N–H and O–H groups in total. The molecule has 6 heteroatoms. The summed E-state index contributed by atoms with van der Waals surface area (Å²) < 4.78 is 11.2. The van der Waals surface area contributed by atoms with Crippen LogP contribution in [0.5, 0.6) is 5.75 Å². The molecule has 0 saturated carbocycles. The van der Waals surface area contributed by atoms with E-state index >= 15 is 0 Å². The average molecular weight is 312 g/mol. The molecule has 1 aromatic heterocycles. The van der Waals surface area contributed by atoms with Crippen molar-refractivity contribution in [2.75, 3.05) is 19.7 Å². The van der Waals surface area contributed by atoms with Crippen LogP contribution in [0.25, 0.3) is 0 Å². The largest absolute Gasteiger partial charge is 0.492 e. The number of benzene rings is 1. The molecule has 2 aromatic rings. The van der Waals surface area contributed by atoms with E-state index in [1.54, 1.807) is 0 Å². The minimum atomic E-state index is 0.628. The van der Waals surface area contributed by atoms with Gasteiger partial charge in [-0.05, 0) is 18.2 Å². The molecule has 0 unspecified atom stereocenters. The second-order valence-corrected chi connectivity index (χ2v) is 4.57. The summed E-state index contributed by atoms with van der Waals surface area (Å²) in [6, 6.07) is 7.79. The number of rotatable bonds is 7. The first-order chi connectivity index (χ1) is 8.84. The molecule has 0 aliphatic carbocycles. The monoisotopic (exact) mass is 311 g/mol. The van der Waals surface area contributed by atoms with E-state index in [1.165, 1.54) is 6.39 Å². The lowest BCUT2D eigenvalue weighted by Crippen LogP contribution is -2.23. The van der Waals surface area contributed by atoms with Gasteiger partial charge in [0.05, 0.1) is 0 Å². The van der Waals surface area contributed by atoms with Crippen LogP contribution in [0, 0.1) is 0 Å². The van der Waals surface area contributed by atoms with Crippen molar-refractivity contribution >= 4 is 15.9 Å². The molecule has 0 spiro atoms. The van der Waals surface area contributed by atoms with Crippen LogP contribution in [-0.2, 0) is 6.42 Å². The molecule has 0 aliphatic rings. The van der Waals surface area contributed by atoms with Gasteiger partial charge < -0.3 is 14.6 Å². The van der Waals surface area contributed by atoms with Gasteiger partial charge in [0.15, 0.2) is 5.82 Å². The third-order valence-corrected chi connectivity index (χ3v) is 2.77. The molecule has 18 heavy (non-hydrogen) atoms. The summed E-state index contributed by atoms with van der Waals surface area (Å²) in [4.78, 5) is 3.94. The smallest absolute Gasteiger partial charge is 0.213 e. The van der Waals surface area contributed by atoms with Gasteiger partial charge in [-0.15, -0.1) is 0 Å². The molecule has 0 bridgehead atoms. The molecule has 0 radical (unpaired) electrons. The zero-order valence-corrected chi connectivity index (χ0v) is 11.4. The molecule has 1 aromatic carbocycles. The third kappa shape index (κ3) is 4.46. The van der Waals surface area contributed by atoms with Crippen LogP contribution in [0.4, 0.5) is 0 Å². The molecule has 0 atom stereocenters. The molecule has 2 rings (SSSR count). The number of nitrogens with zero attached hydrogens (tertiary/aromatic N) is 2. The Bertz CT molecular complexity index is 462. The van der Waals surface area contributed by atoms with E-state index in [9.17, 15) is 0 Å². The Balaban J connectivity index is 1.56. The second kappa shape index (κ2) is 7.13. The van der Waals surface area contributed by atoms with E-state index in [1.807, 2.05) is 24.3 Å². The molecule has 1 heterocycles. The third-order valence-electron chi connectivity index (χ3n) is 2.28. The van der Waals surface area contributed by atoms with Crippen molar-refractivity contribution in [3.05, 3.63) is 41.0 Å². The van der Waals surface area contributed by atoms with Crippen molar-refractivity contribution in [2.45, 2.75) is 6.42 Å². The number of aromatic nitrogens is 2. The van der Waals surface area contributed by atoms with E-state index in [2.05, 4.69) is 35.9 Å². The Hall–Kier alpha value is -1.40. The van der Waals surface area contributed by atoms with E-state index in [0.717, 1.165) is 35.6 Å². The molecule has 0 aliphatic heterocycles. The van der Waals surface area contributed by atoms with E-state index in [0.29, 0.717) is 6.61 Å². The maximum absolute atomic E-state index is 5.58. The molecule has 96 valence electrons. The Kier molecular flexibility index (Phi) is 5.16. The van der Waals surface area contributed by atoms with Crippen molar-refractivity contribution < 1.29 is 9.26 Å². The van der Waals surface area contributed by atoms with Crippen LogP contribution in [0.3, 0.4) is 0 Å². The van der Waals surface area contributed by atoms with Gasteiger partial charge in [-0.25, -0.2) is 0 Å². The SMILES string of the molecule is Brc1cccc(OCCNCCc2ncon2)c1. The zero-order chi connectivity index (χ0) is 12.6. The highest BCUT2D eigenvalue weighted by molar-refractivity contribution is 9.10. The maximum Gasteiger partial charge on any atom is 0.213 e. The highest BCUT2D eigenvalue weighted by atomic mass is 79.9. The van der Waals surface area contributed by atoms with Crippen molar-refractivity contribution in [2.24, 2.45) is 0 Å². The second-order valence-electron chi connectivity index (χ2n) is 3.65. The highest BCUT2D eigenvalue weighted by Crippen LogP contribution is 2.17. The van der Waals surface area contributed by atoms with Gasteiger partial charge in [0.1, 0.15) is 12.4 Å². The van der Waals surface area contributed by atoms with Crippen molar-refractivity contribution in [3.63, 3.8) is 0 Å². The van der Waals surface area contributed by atoms with Crippen LogP contribution in [-0.4, -0.2) is 29.8 Å². The topological polar surface area (TPSA) is 60.2 Å². The average Bonchev–Trinajstić information content (AvgIpc) is 2.87. The normalized spacial score (nSPS) is 10.5. The maximum atomic E-state index is 5.58. The zero-order valence-electron chi connectivity index (χ0n) is 9.80. The molecule has 0 saturated heterocycles. The molecule has 0 fully saturated rings. The molecule has 0 amide bonds. The fourth-order valence-corrected chi connectivity index (χ4v) is 1.80. The first-order valence-electron chi connectivity index (χ1n) is 5.69. The molecule has 5 nitrogen and oxygen atoms in total. The lowest BCUT2D eigenvalue weighted by molar-refractivity contribution is 0.314. The van der Waals surface area contributed by atoms with Crippen LogP contribution < -0.4 is 10.1 Å². The van der Waals surface area contributed by atoms with Gasteiger partial charge in [0, 0.05) is 24.0 Å². The lowest BCUT2D eigenvalue weighted by Gasteiger charge is -2.07. The Morgan fingerprint density at radius 2 is 2.28 bits per heavy atom. The van der Waals surface area contributed by atoms with Crippen molar-refractivity contribution in [1.82, 2.24) is 15.5 Å². The van der Waals surface area contributed by atoms with Crippen LogP contribution in [0.1, 0.15) is 5.82 Å². The van der Waals surface area contributed by atoms with Crippen LogP contribution in [0.15, 0.2) is 39.7 Å². The van der Waals surface area contributed by atoms with E-state index in [4.69, 9.17) is 4.74 Å². The number of hydrogen-bond acceptors (Lipinski definition) is 5. The summed E-state index contributed by atoms with van der Waals surface area (Å²) in [5.74, 6) is 1.58. The number of halogens is 1. The minimum absolute atomic E-state index is 0.628. The molecular formula is C12H14BrN3O2. The Labute approximate surface area is 114 Å². The van der Waals surface area contributed by atoms with E-state index < -0.39 is 0 Å². The summed E-state index contributed by atoms with van der Waals surface area (Å²) in [5, 5.41) is 6.98. The fourth-order valence-electron chi connectivity index (χ4n) is 1.43. The van der Waals surface area contributed by atoms with Crippen molar-refractivity contribution in [3.8, 4) is 5.75 Å². The number of hydrogen-bond donors (Lipinski definition) is 1. The quantitative estimate of drug-likeness (QED) is 0.793. The van der Waals surface area contributed by atoms with Gasteiger partial charge in [0.25, 0.3) is 0 Å². The van der Waals surface area contributed by atoms with Gasteiger partial charge in [-0.2, -0.15) is 4.98 Å². The highest BCUT2D eigenvalue weighted by Gasteiger charge is 1.98. The minimum Gasteiger partial charge on any atom is -0.492 e. The number of ether oxygens (including phenoxy) is 1. The predicted molar refractivity (Wildman–Crippen MR) is 70.5 cm³/mol. The Morgan fingerprint density at radius 3 is 3.06 bits per heavy atom. The Morgan fingerprint density at radius 1 is 1.33 bits per heavy atom. The summed E-state index contributed by atoms with van der Waals surface area (Å²) in [7, 11) is 0. The van der Waals surface area contributed by atoms with Gasteiger partial charge >= 0.3 is 0 Å². The molecular weight excluding hydrogens is 298 g/mol. The predicted octanol–water partition coefficient (Wildman–Crippen LogP) is 2.04. The lowest BCUT2D eigenvalue weighted by atomic mass is 10.3. The van der Waals surface area contributed by atoms with Crippen LogP contribution >= 0.6 is 15.9 Å². The van der Waals surface area contributed by atoms with Crippen LogP contribution in [0.2, 0.25) is 0 Å². The summed E-state index contributed by atoms with van der Waals surface area (Å²) in [5.41, 5.74) is 0. The van der Waals surface area contributed by atoms with Gasteiger partial charge in [-0.1, -0.05) is 27.2 Å². The summed E-state index contributed by atoms with van der Waals surface area (Å²) in [6.45, 7) is 2.22.